The number of rotatable bonds is 1. The molecule has 1 aliphatic carbocycles. The number of carbonyl (C=O) groups is 1. The van der Waals surface area contributed by atoms with Gasteiger partial charge in [-0.1, -0.05) is 12.8 Å². The fourth-order valence-electron chi connectivity index (χ4n) is 2.48. The zero-order valence-electron chi connectivity index (χ0n) is 9.61. The van der Waals surface area contributed by atoms with Crippen LogP contribution in [0.2, 0.25) is 0 Å². The maximum atomic E-state index is 12.3. The van der Waals surface area contributed by atoms with E-state index in [2.05, 4.69) is 0 Å². The maximum absolute atomic E-state index is 12.3. The van der Waals surface area contributed by atoms with Crippen LogP contribution < -0.4 is 5.73 Å². The largest absolute Gasteiger partial charge is 0.340 e. The fourth-order valence-corrected chi connectivity index (χ4v) is 3.37. The molecule has 5 heteroatoms. The Hall–Kier alpha value is 0.0700. The first kappa shape index (κ1) is 14.1. The van der Waals surface area contributed by atoms with Gasteiger partial charge in [-0.2, -0.15) is 11.8 Å². The second-order valence-electron chi connectivity index (χ2n) is 4.62. The molecule has 2 rings (SSSR count). The van der Waals surface area contributed by atoms with Crippen molar-refractivity contribution in [2.75, 3.05) is 24.6 Å². The van der Waals surface area contributed by atoms with Gasteiger partial charge in [0.05, 0.1) is 5.54 Å². The molecule has 0 aromatic carbocycles. The van der Waals surface area contributed by atoms with Crippen LogP contribution in [0.5, 0.6) is 0 Å². The highest BCUT2D eigenvalue weighted by atomic mass is 35.5. The molecule has 2 aliphatic rings. The van der Waals surface area contributed by atoms with Crippen LogP contribution in [-0.4, -0.2) is 40.9 Å². The fraction of sp³-hybridized carbons (Fsp3) is 0.909. The maximum Gasteiger partial charge on any atom is 0.242 e. The monoisotopic (exact) mass is 264 g/mol. The van der Waals surface area contributed by atoms with Crippen LogP contribution in [0.1, 0.15) is 32.1 Å². The first-order valence-electron chi connectivity index (χ1n) is 5.88. The lowest BCUT2D eigenvalue weighted by Crippen LogP contribution is -2.54. The van der Waals surface area contributed by atoms with Crippen molar-refractivity contribution in [2.24, 2.45) is 5.73 Å². The predicted molar refractivity (Wildman–Crippen MR) is 71.2 cm³/mol. The van der Waals surface area contributed by atoms with Crippen LogP contribution in [0, 0.1) is 0 Å². The minimum Gasteiger partial charge on any atom is -0.340 e. The van der Waals surface area contributed by atoms with E-state index in [1.807, 2.05) is 16.7 Å². The molecule has 94 valence electrons. The number of amides is 1. The summed E-state index contributed by atoms with van der Waals surface area (Å²) in [6, 6.07) is 0. The molecule has 0 spiro atoms. The Morgan fingerprint density at radius 1 is 1.12 bits per heavy atom. The Morgan fingerprint density at radius 2 is 1.81 bits per heavy atom. The highest BCUT2D eigenvalue weighted by Crippen LogP contribution is 2.29. The summed E-state index contributed by atoms with van der Waals surface area (Å²) in [5.41, 5.74) is 5.67. The Kier molecular flexibility index (Phi) is 5.41. The molecule has 1 heterocycles. The van der Waals surface area contributed by atoms with Gasteiger partial charge < -0.3 is 10.6 Å². The smallest absolute Gasteiger partial charge is 0.242 e. The molecule has 0 aromatic rings. The van der Waals surface area contributed by atoms with Gasteiger partial charge in [0.25, 0.3) is 0 Å². The van der Waals surface area contributed by atoms with Gasteiger partial charge in [0, 0.05) is 18.8 Å². The molecule has 1 saturated heterocycles. The second-order valence-corrected chi connectivity index (χ2v) is 5.85. The second kappa shape index (κ2) is 6.12. The first-order chi connectivity index (χ1) is 7.22. The molecular weight excluding hydrogens is 244 g/mol. The van der Waals surface area contributed by atoms with Crippen molar-refractivity contribution in [3.05, 3.63) is 0 Å². The van der Waals surface area contributed by atoms with E-state index in [9.17, 15) is 4.79 Å². The van der Waals surface area contributed by atoms with Crippen LogP contribution >= 0.6 is 24.2 Å². The van der Waals surface area contributed by atoms with Crippen molar-refractivity contribution in [2.45, 2.75) is 37.6 Å². The van der Waals surface area contributed by atoms with Crippen molar-refractivity contribution in [3.8, 4) is 0 Å². The lowest BCUT2D eigenvalue weighted by molar-refractivity contribution is -0.136. The molecule has 1 amide bonds. The molecule has 1 aliphatic heterocycles. The van der Waals surface area contributed by atoms with E-state index in [1.54, 1.807) is 0 Å². The molecule has 0 atom stereocenters. The lowest BCUT2D eigenvalue weighted by Gasteiger charge is -2.30. The number of nitrogens with two attached hydrogens (primary N) is 1. The van der Waals surface area contributed by atoms with Gasteiger partial charge in [0.1, 0.15) is 0 Å². The summed E-state index contributed by atoms with van der Waals surface area (Å²) in [6.07, 6.45) is 5.12. The highest BCUT2D eigenvalue weighted by Gasteiger charge is 2.39. The van der Waals surface area contributed by atoms with Gasteiger partial charge in [0.15, 0.2) is 0 Å². The van der Waals surface area contributed by atoms with Crippen molar-refractivity contribution in [1.82, 2.24) is 4.90 Å². The topological polar surface area (TPSA) is 46.3 Å². The third-order valence-electron chi connectivity index (χ3n) is 3.43. The minimum absolute atomic E-state index is 0. The average Bonchev–Trinajstić information content (AvgIpc) is 2.54. The molecule has 0 aromatic heterocycles. The van der Waals surface area contributed by atoms with E-state index in [1.165, 1.54) is 5.75 Å². The number of carbonyl (C=O) groups excluding carboxylic acids is 1. The molecule has 0 bridgehead atoms. The lowest BCUT2D eigenvalue weighted by atomic mass is 9.97. The standard InChI is InChI=1S/C11H20N2OS.ClH/c12-11(4-1-2-5-11)10(14)13-6-3-8-15-9-7-13;/h1-9,12H2;1H. The SMILES string of the molecule is Cl.NC1(C(=O)N2CCCSCC2)CCCC1. The van der Waals surface area contributed by atoms with Gasteiger partial charge in [-0.3, -0.25) is 4.79 Å². The van der Waals surface area contributed by atoms with Gasteiger partial charge in [-0.15, -0.1) is 12.4 Å². The van der Waals surface area contributed by atoms with Gasteiger partial charge in [0.2, 0.25) is 5.91 Å². The number of nitrogens with zero attached hydrogens (tertiary/aromatic N) is 1. The molecule has 2 fully saturated rings. The molecule has 3 nitrogen and oxygen atoms in total. The third-order valence-corrected chi connectivity index (χ3v) is 4.48. The van der Waals surface area contributed by atoms with Crippen LogP contribution in [0.25, 0.3) is 0 Å². The van der Waals surface area contributed by atoms with Crippen molar-refractivity contribution < 1.29 is 4.79 Å². The summed E-state index contributed by atoms with van der Waals surface area (Å²) in [7, 11) is 0. The molecular formula is C11H21ClN2OS. The van der Waals surface area contributed by atoms with E-state index in [0.717, 1.165) is 50.9 Å². The minimum atomic E-state index is -0.519. The molecule has 16 heavy (non-hydrogen) atoms. The Labute approximate surface area is 108 Å². The number of thioether (sulfide) groups is 1. The Balaban J connectivity index is 0.00000128. The zero-order valence-corrected chi connectivity index (χ0v) is 11.2. The first-order valence-corrected chi connectivity index (χ1v) is 7.04. The van der Waals surface area contributed by atoms with Crippen LogP contribution in [0.3, 0.4) is 0 Å². The van der Waals surface area contributed by atoms with Crippen molar-refractivity contribution in [1.29, 1.82) is 0 Å². The molecule has 2 N–H and O–H groups in total. The summed E-state index contributed by atoms with van der Waals surface area (Å²) < 4.78 is 0. The summed E-state index contributed by atoms with van der Waals surface area (Å²) in [5.74, 6) is 2.46. The summed E-state index contributed by atoms with van der Waals surface area (Å²) in [6.45, 7) is 1.80. The van der Waals surface area contributed by atoms with E-state index < -0.39 is 5.54 Å². The van der Waals surface area contributed by atoms with E-state index >= 15 is 0 Å². The van der Waals surface area contributed by atoms with Gasteiger partial charge in [-0.05, 0) is 25.0 Å². The number of halogens is 1. The third kappa shape index (κ3) is 3.05. The van der Waals surface area contributed by atoms with Crippen LogP contribution in [0.4, 0.5) is 0 Å². The van der Waals surface area contributed by atoms with Crippen molar-refractivity contribution in [3.63, 3.8) is 0 Å². The van der Waals surface area contributed by atoms with Crippen LogP contribution in [0.15, 0.2) is 0 Å². The van der Waals surface area contributed by atoms with Crippen molar-refractivity contribution >= 4 is 30.1 Å². The summed E-state index contributed by atoms with van der Waals surface area (Å²) in [5, 5.41) is 0. The van der Waals surface area contributed by atoms with Gasteiger partial charge >= 0.3 is 0 Å². The quantitative estimate of drug-likeness (QED) is 0.783. The molecule has 1 saturated carbocycles. The summed E-state index contributed by atoms with van der Waals surface area (Å²) >= 11 is 1.94. The number of hydrogen-bond donors (Lipinski definition) is 1. The van der Waals surface area contributed by atoms with E-state index in [4.69, 9.17) is 5.73 Å². The zero-order chi connectivity index (χ0) is 10.7. The molecule has 0 radical (unpaired) electrons. The average molecular weight is 265 g/mol. The highest BCUT2D eigenvalue weighted by molar-refractivity contribution is 7.99. The molecule has 0 unspecified atom stereocenters. The summed E-state index contributed by atoms with van der Waals surface area (Å²) in [4.78, 5) is 14.3. The van der Waals surface area contributed by atoms with Crippen LogP contribution in [-0.2, 0) is 4.79 Å². The Morgan fingerprint density at radius 3 is 2.50 bits per heavy atom. The Bertz CT molecular complexity index is 236. The van der Waals surface area contributed by atoms with Gasteiger partial charge in [-0.25, -0.2) is 0 Å². The van der Waals surface area contributed by atoms with E-state index in [-0.39, 0.29) is 18.3 Å². The normalized spacial score (nSPS) is 24.7. The van der Waals surface area contributed by atoms with E-state index in [0.29, 0.717) is 0 Å². The number of hydrogen-bond acceptors (Lipinski definition) is 3. The predicted octanol–water partition coefficient (Wildman–Crippen LogP) is 1.65.